The number of piperazine rings is 1. The Labute approximate surface area is 133 Å². The van der Waals surface area contributed by atoms with Crippen molar-refractivity contribution in [3.05, 3.63) is 23.3 Å². The molecular weight excluding hydrogens is 309 g/mol. The van der Waals surface area contributed by atoms with Crippen LogP contribution in [-0.2, 0) is 12.6 Å². The molecule has 3 rings (SSSR count). The zero-order valence-electron chi connectivity index (χ0n) is 12.9. The first-order valence-corrected chi connectivity index (χ1v) is 7.97. The second-order valence-corrected chi connectivity index (χ2v) is 5.85. The molecule has 1 aromatic rings. The summed E-state index contributed by atoms with van der Waals surface area (Å²) in [4.78, 5) is 2.18. The Balaban J connectivity index is 1.82. The molecular formula is C16H21F3N2O2. The van der Waals surface area contributed by atoms with Gasteiger partial charge < -0.3 is 19.7 Å². The maximum atomic E-state index is 13.4. The third-order valence-electron chi connectivity index (χ3n) is 4.19. The second-order valence-electron chi connectivity index (χ2n) is 5.85. The van der Waals surface area contributed by atoms with Crippen molar-refractivity contribution >= 4 is 0 Å². The molecule has 2 aliphatic heterocycles. The number of hydrogen-bond acceptors (Lipinski definition) is 4. The number of benzene rings is 1. The molecule has 1 N–H and O–H groups in total. The summed E-state index contributed by atoms with van der Waals surface area (Å²) in [7, 11) is 0. The number of nitrogens with one attached hydrogen (secondary N) is 1. The van der Waals surface area contributed by atoms with Crippen LogP contribution in [0.25, 0.3) is 0 Å². The van der Waals surface area contributed by atoms with Gasteiger partial charge in [0.25, 0.3) is 0 Å². The van der Waals surface area contributed by atoms with Gasteiger partial charge in [-0.2, -0.15) is 13.2 Å². The highest BCUT2D eigenvalue weighted by atomic mass is 19.4. The van der Waals surface area contributed by atoms with Gasteiger partial charge in [0.1, 0.15) is 0 Å². The van der Waals surface area contributed by atoms with E-state index in [0.29, 0.717) is 38.3 Å². The van der Waals surface area contributed by atoms with Crippen LogP contribution in [-0.4, -0.2) is 50.8 Å². The molecule has 0 radical (unpaired) electrons. The second kappa shape index (κ2) is 6.97. The van der Waals surface area contributed by atoms with Gasteiger partial charge in [0.2, 0.25) is 0 Å². The van der Waals surface area contributed by atoms with Gasteiger partial charge in [-0.05, 0) is 24.1 Å². The van der Waals surface area contributed by atoms with E-state index in [4.69, 9.17) is 9.47 Å². The van der Waals surface area contributed by atoms with Gasteiger partial charge in [0.15, 0.2) is 11.5 Å². The third-order valence-corrected chi connectivity index (χ3v) is 4.19. The summed E-state index contributed by atoms with van der Waals surface area (Å²) >= 11 is 0. The van der Waals surface area contributed by atoms with Gasteiger partial charge >= 0.3 is 6.18 Å². The van der Waals surface area contributed by atoms with Crippen molar-refractivity contribution in [3.8, 4) is 11.5 Å². The summed E-state index contributed by atoms with van der Waals surface area (Å²) in [6.07, 6.45) is -3.36. The molecule has 0 aromatic heterocycles. The van der Waals surface area contributed by atoms with Crippen LogP contribution in [0, 0.1) is 0 Å². The molecule has 7 heteroatoms. The molecule has 1 fully saturated rings. The zero-order chi connectivity index (χ0) is 16.3. The summed E-state index contributed by atoms with van der Waals surface area (Å²) in [5, 5.41) is 3.24. The molecule has 1 saturated heterocycles. The lowest BCUT2D eigenvalue weighted by molar-refractivity contribution is -0.138. The van der Waals surface area contributed by atoms with Crippen molar-refractivity contribution in [2.45, 2.75) is 19.0 Å². The highest BCUT2D eigenvalue weighted by Crippen LogP contribution is 2.40. The van der Waals surface area contributed by atoms with E-state index in [1.54, 1.807) is 0 Å². The van der Waals surface area contributed by atoms with Crippen molar-refractivity contribution < 1.29 is 22.6 Å². The fraction of sp³-hybridized carbons (Fsp3) is 0.625. The van der Waals surface area contributed by atoms with Gasteiger partial charge in [-0.1, -0.05) is 0 Å². The summed E-state index contributed by atoms with van der Waals surface area (Å²) in [6, 6.07) is 2.60. The number of fused-ring (bicyclic) bond motifs is 1. The van der Waals surface area contributed by atoms with E-state index in [9.17, 15) is 13.2 Å². The molecule has 0 unspecified atom stereocenters. The fourth-order valence-corrected chi connectivity index (χ4v) is 2.93. The average Bonchev–Trinajstić information content (AvgIpc) is 2.77. The summed E-state index contributed by atoms with van der Waals surface area (Å²) in [6.45, 7) is 4.96. The van der Waals surface area contributed by atoms with Crippen LogP contribution >= 0.6 is 0 Å². The van der Waals surface area contributed by atoms with Crippen molar-refractivity contribution in [1.82, 2.24) is 10.2 Å². The van der Waals surface area contributed by atoms with E-state index in [0.717, 1.165) is 32.2 Å². The van der Waals surface area contributed by atoms with Gasteiger partial charge in [-0.15, -0.1) is 0 Å². The van der Waals surface area contributed by atoms with Crippen LogP contribution in [0.4, 0.5) is 13.2 Å². The molecule has 2 heterocycles. The van der Waals surface area contributed by atoms with Crippen LogP contribution in [0.1, 0.15) is 17.5 Å². The van der Waals surface area contributed by atoms with E-state index >= 15 is 0 Å². The number of rotatable bonds is 3. The van der Waals surface area contributed by atoms with Crippen molar-refractivity contribution in [1.29, 1.82) is 0 Å². The number of ether oxygens (including phenoxy) is 2. The van der Waals surface area contributed by atoms with Gasteiger partial charge in [-0.25, -0.2) is 0 Å². The highest BCUT2D eigenvalue weighted by Gasteiger charge is 2.35. The Morgan fingerprint density at radius 3 is 2.35 bits per heavy atom. The predicted octanol–water partition coefficient (Wildman–Crippen LogP) is 2.31. The third kappa shape index (κ3) is 4.09. The Bertz CT molecular complexity index is 543. The Morgan fingerprint density at radius 1 is 1.04 bits per heavy atom. The first kappa shape index (κ1) is 16.4. The molecule has 23 heavy (non-hydrogen) atoms. The molecule has 2 aliphatic rings. The SMILES string of the molecule is FC(F)(F)c1cc2c(cc1CCN1CCNCC1)OCCCO2. The van der Waals surface area contributed by atoms with Crippen LogP contribution < -0.4 is 14.8 Å². The minimum absolute atomic E-state index is 0.195. The summed E-state index contributed by atoms with van der Waals surface area (Å²) in [5.74, 6) is 0.617. The van der Waals surface area contributed by atoms with Gasteiger partial charge in [-0.3, -0.25) is 0 Å². The smallest absolute Gasteiger partial charge is 0.416 e. The molecule has 0 bridgehead atoms. The lowest BCUT2D eigenvalue weighted by Gasteiger charge is -2.27. The average molecular weight is 330 g/mol. The Morgan fingerprint density at radius 2 is 1.70 bits per heavy atom. The molecule has 0 atom stereocenters. The molecule has 1 aromatic carbocycles. The normalized spacial score (nSPS) is 19.4. The lowest BCUT2D eigenvalue weighted by Crippen LogP contribution is -2.44. The highest BCUT2D eigenvalue weighted by molar-refractivity contribution is 5.49. The maximum absolute atomic E-state index is 13.4. The molecule has 128 valence electrons. The largest absolute Gasteiger partial charge is 0.490 e. The van der Waals surface area contributed by atoms with E-state index < -0.39 is 11.7 Å². The Hall–Kier alpha value is -1.47. The van der Waals surface area contributed by atoms with Crippen LogP contribution in [0.3, 0.4) is 0 Å². The topological polar surface area (TPSA) is 33.7 Å². The molecule has 0 spiro atoms. The van der Waals surface area contributed by atoms with Crippen molar-refractivity contribution in [2.24, 2.45) is 0 Å². The number of nitrogens with zero attached hydrogens (tertiary/aromatic N) is 1. The minimum Gasteiger partial charge on any atom is -0.490 e. The Kier molecular flexibility index (Phi) is 4.96. The molecule has 4 nitrogen and oxygen atoms in total. The summed E-state index contributed by atoms with van der Waals surface area (Å²) in [5.41, 5.74) is -0.336. The van der Waals surface area contributed by atoms with E-state index in [2.05, 4.69) is 10.2 Å². The van der Waals surface area contributed by atoms with Crippen LogP contribution in [0.5, 0.6) is 11.5 Å². The first-order chi connectivity index (χ1) is 11.0. The zero-order valence-corrected chi connectivity index (χ0v) is 12.9. The minimum atomic E-state index is -4.39. The molecule has 0 aliphatic carbocycles. The molecule has 0 amide bonds. The molecule has 0 saturated carbocycles. The summed E-state index contributed by atoms with van der Waals surface area (Å²) < 4.78 is 51.0. The predicted molar refractivity (Wildman–Crippen MR) is 80.1 cm³/mol. The first-order valence-electron chi connectivity index (χ1n) is 7.97. The van der Waals surface area contributed by atoms with E-state index in [-0.39, 0.29) is 11.3 Å². The fourth-order valence-electron chi connectivity index (χ4n) is 2.93. The van der Waals surface area contributed by atoms with Crippen LogP contribution in [0.2, 0.25) is 0 Å². The lowest BCUT2D eigenvalue weighted by atomic mass is 10.0. The quantitative estimate of drug-likeness (QED) is 0.922. The number of halogens is 3. The van der Waals surface area contributed by atoms with Gasteiger partial charge in [0, 0.05) is 39.1 Å². The van der Waals surface area contributed by atoms with Crippen molar-refractivity contribution in [2.75, 3.05) is 45.9 Å². The number of alkyl halides is 3. The van der Waals surface area contributed by atoms with Crippen LogP contribution in [0.15, 0.2) is 12.1 Å². The van der Waals surface area contributed by atoms with E-state index in [1.165, 1.54) is 6.07 Å². The standard InChI is InChI=1S/C16H21F3N2O2/c17-16(18,19)13-11-15-14(22-8-1-9-23-15)10-12(13)2-5-21-6-3-20-4-7-21/h10-11,20H,1-9H2. The number of hydrogen-bond donors (Lipinski definition) is 1. The maximum Gasteiger partial charge on any atom is 0.416 e. The monoisotopic (exact) mass is 330 g/mol. The van der Waals surface area contributed by atoms with E-state index in [1.807, 2.05) is 0 Å². The van der Waals surface area contributed by atoms with Gasteiger partial charge in [0.05, 0.1) is 18.8 Å². The van der Waals surface area contributed by atoms with Crippen molar-refractivity contribution in [3.63, 3.8) is 0 Å².